The van der Waals surface area contributed by atoms with Crippen molar-refractivity contribution in [3.63, 3.8) is 0 Å². The van der Waals surface area contributed by atoms with Crippen LogP contribution in [0.2, 0.25) is 0 Å². The van der Waals surface area contributed by atoms with E-state index in [2.05, 4.69) is 5.16 Å². The molecule has 1 saturated heterocycles. The van der Waals surface area contributed by atoms with Gasteiger partial charge in [-0.15, -0.1) is 0 Å². The maximum Gasteiger partial charge on any atom is 0.417 e. The molecular formula is C14H17F3N2O3. The Hall–Kier alpha value is -1.57. The minimum absolute atomic E-state index is 0.103. The van der Waals surface area contributed by atoms with Crippen molar-refractivity contribution in [2.45, 2.75) is 49.8 Å². The number of carbonyl (C=O) groups excluding carboxylic acids is 1. The molecular weight excluding hydrogens is 301 g/mol. The fourth-order valence-corrected chi connectivity index (χ4v) is 2.83. The van der Waals surface area contributed by atoms with Gasteiger partial charge < -0.3 is 14.5 Å². The molecule has 2 aliphatic rings. The van der Waals surface area contributed by atoms with Gasteiger partial charge >= 0.3 is 6.18 Å². The molecule has 1 N–H and O–H groups in total. The SMILES string of the molecule is O=C(c1conc1C1CC1)N1CCCC(O)(C(F)(F)F)CC1. The first-order valence-electron chi connectivity index (χ1n) is 7.34. The van der Waals surface area contributed by atoms with Crippen LogP contribution in [0.1, 0.15) is 54.1 Å². The lowest BCUT2D eigenvalue weighted by Gasteiger charge is -2.29. The molecule has 22 heavy (non-hydrogen) atoms. The van der Waals surface area contributed by atoms with Crippen molar-refractivity contribution >= 4 is 5.91 Å². The first-order valence-corrected chi connectivity index (χ1v) is 7.34. The number of nitrogens with zero attached hydrogens (tertiary/aromatic N) is 2. The summed E-state index contributed by atoms with van der Waals surface area (Å²) in [6.07, 6.45) is -2.32. The number of aromatic nitrogens is 1. The third-order valence-electron chi connectivity index (χ3n) is 4.42. The summed E-state index contributed by atoms with van der Waals surface area (Å²) >= 11 is 0. The van der Waals surface area contributed by atoms with Crippen molar-refractivity contribution in [3.8, 4) is 0 Å². The molecule has 2 fully saturated rings. The summed E-state index contributed by atoms with van der Waals surface area (Å²) in [7, 11) is 0. The molecule has 1 aliphatic carbocycles. The maximum atomic E-state index is 12.9. The maximum absolute atomic E-state index is 12.9. The molecule has 122 valence electrons. The monoisotopic (exact) mass is 318 g/mol. The molecule has 1 atom stereocenters. The zero-order chi connectivity index (χ0) is 16.0. The summed E-state index contributed by atoms with van der Waals surface area (Å²) in [5, 5.41) is 13.6. The highest BCUT2D eigenvalue weighted by atomic mass is 19.4. The third kappa shape index (κ3) is 2.71. The summed E-state index contributed by atoms with van der Waals surface area (Å²) in [6, 6.07) is 0. The van der Waals surface area contributed by atoms with E-state index in [0.29, 0.717) is 11.3 Å². The Morgan fingerprint density at radius 2 is 2.09 bits per heavy atom. The molecule has 1 aromatic rings. The molecule has 1 aromatic heterocycles. The van der Waals surface area contributed by atoms with Crippen molar-refractivity contribution in [1.82, 2.24) is 10.1 Å². The molecule has 1 unspecified atom stereocenters. The van der Waals surface area contributed by atoms with Gasteiger partial charge in [-0.2, -0.15) is 13.2 Å². The molecule has 0 aromatic carbocycles. The van der Waals surface area contributed by atoms with Gasteiger partial charge in [-0.1, -0.05) is 5.16 Å². The summed E-state index contributed by atoms with van der Waals surface area (Å²) < 4.78 is 43.6. The van der Waals surface area contributed by atoms with Crippen molar-refractivity contribution in [2.75, 3.05) is 13.1 Å². The Kier molecular flexibility index (Phi) is 3.66. The van der Waals surface area contributed by atoms with E-state index in [0.717, 1.165) is 12.8 Å². The van der Waals surface area contributed by atoms with Gasteiger partial charge in [0.25, 0.3) is 5.91 Å². The summed E-state index contributed by atoms with van der Waals surface area (Å²) in [5.41, 5.74) is -1.78. The van der Waals surface area contributed by atoms with E-state index in [1.54, 1.807) is 0 Å². The zero-order valence-electron chi connectivity index (χ0n) is 11.9. The van der Waals surface area contributed by atoms with Gasteiger partial charge in [0, 0.05) is 25.4 Å². The Balaban J connectivity index is 1.73. The molecule has 1 amide bonds. The molecule has 0 spiro atoms. The standard InChI is InChI=1S/C14H17F3N2O3/c15-14(16,17)13(21)4-1-6-19(7-5-13)12(20)10-8-22-18-11(10)9-2-3-9/h8-9,21H,1-7H2. The topological polar surface area (TPSA) is 66.6 Å². The van der Waals surface area contributed by atoms with Crippen molar-refractivity contribution in [1.29, 1.82) is 0 Å². The summed E-state index contributed by atoms with van der Waals surface area (Å²) in [4.78, 5) is 13.8. The lowest BCUT2D eigenvalue weighted by atomic mass is 9.94. The van der Waals surface area contributed by atoms with Crippen LogP contribution in [0.25, 0.3) is 0 Å². The van der Waals surface area contributed by atoms with E-state index in [4.69, 9.17) is 4.52 Å². The molecule has 0 bridgehead atoms. The highest BCUT2D eigenvalue weighted by Gasteiger charge is 2.53. The van der Waals surface area contributed by atoms with Gasteiger partial charge in [0.2, 0.25) is 0 Å². The number of halogens is 3. The van der Waals surface area contributed by atoms with Crippen LogP contribution in [0.4, 0.5) is 13.2 Å². The van der Waals surface area contributed by atoms with Crippen molar-refractivity contribution in [2.24, 2.45) is 0 Å². The predicted molar refractivity (Wildman–Crippen MR) is 69.2 cm³/mol. The lowest BCUT2D eigenvalue weighted by Crippen LogP contribution is -2.46. The molecule has 1 saturated carbocycles. The van der Waals surface area contributed by atoms with Crippen LogP contribution in [0.3, 0.4) is 0 Å². The Morgan fingerprint density at radius 3 is 2.73 bits per heavy atom. The number of hydrogen-bond acceptors (Lipinski definition) is 4. The van der Waals surface area contributed by atoms with Gasteiger partial charge in [0.15, 0.2) is 5.60 Å². The van der Waals surface area contributed by atoms with Gasteiger partial charge in [-0.3, -0.25) is 4.79 Å². The molecule has 0 radical (unpaired) electrons. The average Bonchev–Trinajstić information content (AvgIpc) is 3.21. The Labute approximate surface area is 125 Å². The number of hydrogen-bond donors (Lipinski definition) is 1. The Bertz CT molecular complexity index is 568. The van der Waals surface area contributed by atoms with Crippen LogP contribution >= 0.6 is 0 Å². The van der Waals surface area contributed by atoms with E-state index in [1.807, 2.05) is 0 Å². The van der Waals surface area contributed by atoms with Gasteiger partial charge in [0.1, 0.15) is 11.8 Å². The Morgan fingerprint density at radius 1 is 1.36 bits per heavy atom. The van der Waals surface area contributed by atoms with Crippen LogP contribution in [0.15, 0.2) is 10.8 Å². The minimum Gasteiger partial charge on any atom is -0.380 e. The quantitative estimate of drug-likeness (QED) is 0.910. The minimum atomic E-state index is -4.68. The number of alkyl halides is 3. The van der Waals surface area contributed by atoms with E-state index in [9.17, 15) is 23.1 Å². The van der Waals surface area contributed by atoms with Crippen molar-refractivity contribution in [3.05, 3.63) is 17.5 Å². The summed E-state index contributed by atoms with van der Waals surface area (Å²) in [5.74, 6) is -0.147. The highest BCUT2D eigenvalue weighted by molar-refractivity contribution is 5.95. The first-order chi connectivity index (χ1) is 10.3. The fourth-order valence-electron chi connectivity index (χ4n) is 2.83. The predicted octanol–water partition coefficient (Wildman–Crippen LogP) is 2.47. The normalized spacial score (nSPS) is 26.8. The second-order valence-corrected chi connectivity index (χ2v) is 6.06. The van der Waals surface area contributed by atoms with Crippen LogP contribution in [0.5, 0.6) is 0 Å². The van der Waals surface area contributed by atoms with E-state index < -0.39 is 18.2 Å². The molecule has 3 rings (SSSR count). The second-order valence-electron chi connectivity index (χ2n) is 6.06. The van der Waals surface area contributed by atoms with Crippen molar-refractivity contribution < 1.29 is 27.6 Å². The number of rotatable bonds is 2. The third-order valence-corrected chi connectivity index (χ3v) is 4.42. The smallest absolute Gasteiger partial charge is 0.380 e. The largest absolute Gasteiger partial charge is 0.417 e. The van der Waals surface area contributed by atoms with Gasteiger partial charge in [-0.05, 0) is 25.7 Å². The highest BCUT2D eigenvalue weighted by Crippen LogP contribution is 2.42. The molecule has 5 nitrogen and oxygen atoms in total. The zero-order valence-corrected chi connectivity index (χ0v) is 11.9. The van der Waals surface area contributed by atoms with Crippen LogP contribution in [-0.4, -0.2) is 45.9 Å². The lowest BCUT2D eigenvalue weighted by molar-refractivity contribution is -0.263. The number of carbonyl (C=O) groups is 1. The molecule has 1 aliphatic heterocycles. The van der Waals surface area contributed by atoms with E-state index in [-0.39, 0.29) is 37.8 Å². The number of likely N-dealkylation sites (tertiary alicyclic amines) is 1. The van der Waals surface area contributed by atoms with Crippen LogP contribution < -0.4 is 0 Å². The fraction of sp³-hybridized carbons (Fsp3) is 0.714. The second kappa shape index (κ2) is 5.26. The van der Waals surface area contributed by atoms with E-state index >= 15 is 0 Å². The molecule has 8 heteroatoms. The van der Waals surface area contributed by atoms with E-state index in [1.165, 1.54) is 11.2 Å². The first kappa shape index (κ1) is 15.3. The van der Waals surface area contributed by atoms with Gasteiger partial charge in [0.05, 0.1) is 5.69 Å². The molecule has 2 heterocycles. The summed E-state index contributed by atoms with van der Waals surface area (Å²) in [6.45, 7) is 0.0522. The number of aliphatic hydroxyl groups is 1. The van der Waals surface area contributed by atoms with Crippen LogP contribution in [-0.2, 0) is 0 Å². The average molecular weight is 318 g/mol. The van der Waals surface area contributed by atoms with Gasteiger partial charge in [-0.25, -0.2) is 0 Å². The number of amides is 1. The van der Waals surface area contributed by atoms with Crippen LogP contribution in [0, 0.1) is 0 Å².